The largest absolute Gasteiger partial charge is 0.508 e. The van der Waals surface area contributed by atoms with Gasteiger partial charge in [0.1, 0.15) is 10.8 Å². The lowest BCUT2D eigenvalue weighted by molar-refractivity contribution is 0.475. The molecule has 0 radical (unpaired) electrons. The van der Waals surface area contributed by atoms with Crippen molar-refractivity contribution in [3.63, 3.8) is 0 Å². The first-order valence-corrected chi connectivity index (χ1v) is 8.45. The topological polar surface area (TPSA) is 45.2 Å². The molecule has 0 atom stereocenters. The summed E-state index contributed by atoms with van der Waals surface area (Å²) in [4.78, 5) is 6.21. The Kier molecular flexibility index (Phi) is 4.27. The number of phenols is 1. The van der Waals surface area contributed by atoms with E-state index in [4.69, 9.17) is 4.98 Å². The van der Waals surface area contributed by atoms with Crippen LogP contribution in [-0.2, 0) is 13.0 Å². The zero-order chi connectivity index (χ0) is 14.8. The van der Waals surface area contributed by atoms with Crippen LogP contribution in [0.25, 0.3) is 10.6 Å². The molecule has 1 fully saturated rings. The molecule has 1 aliphatic rings. The maximum absolute atomic E-state index is 9.41. The van der Waals surface area contributed by atoms with Gasteiger partial charge in [-0.15, -0.1) is 11.3 Å². The molecule has 1 aromatic carbocycles. The molecule has 1 saturated carbocycles. The van der Waals surface area contributed by atoms with E-state index >= 15 is 0 Å². The lowest BCUT2D eigenvalue weighted by Crippen LogP contribution is -2.15. The molecule has 2 N–H and O–H groups in total. The van der Waals surface area contributed by atoms with Crippen LogP contribution >= 0.6 is 11.3 Å². The minimum absolute atomic E-state index is 0.299. The number of rotatable bonds is 6. The molecular weight excluding hydrogens is 280 g/mol. The van der Waals surface area contributed by atoms with E-state index in [1.807, 2.05) is 12.1 Å². The molecule has 3 nitrogen and oxygen atoms in total. The summed E-state index contributed by atoms with van der Waals surface area (Å²) >= 11 is 1.77. The fourth-order valence-corrected chi connectivity index (χ4v) is 3.37. The van der Waals surface area contributed by atoms with Gasteiger partial charge in [-0.3, -0.25) is 0 Å². The van der Waals surface area contributed by atoms with E-state index in [2.05, 4.69) is 19.2 Å². The summed E-state index contributed by atoms with van der Waals surface area (Å²) in [5.41, 5.74) is 2.31. The average molecular weight is 302 g/mol. The molecule has 0 unspecified atom stereocenters. The Bertz CT molecular complexity index is 600. The van der Waals surface area contributed by atoms with E-state index in [0.717, 1.165) is 29.6 Å². The van der Waals surface area contributed by atoms with Crippen molar-refractivity contribution in [2.24, 2.45) is 5.92 Å². The van der Waals surface area contributed by atoms with Gasteiger partial charge in [0.25, 0.3) is 0 Å². The molecule has 4 heteroatoms. The van der Waals surface area contributed by atoms with Gasteiger partial charge in [-0.05, 0) is 49.4 Å². The van der Waals surface area contributed by atoms with Crippen LogP contribution in [0.1, 0.15) is 37.3 Å². The Labute approximate surface area is 130 Å². The quantitative estimate of drug-likeness (QED) is 0.849. The maximum atomic E-state index is 9.41. The van der Waals surface area contributed by atoms with E-state index in [1.165, 1.54) is 23.4 Å². The third-order valence-electron chi connectivity index (χ3n) is 3.62. The molecule has 0 saturated heterocycles. The third kappa shape index (κ3) is 3.83. The van der Waals surface area contributed by atoms with Crippen LogP contribution in [0, 0.1) is 5.92 Å². The van der Waals surface area contributed by atoms with Gasteiger partial charge in [0.2, 0.25) is 0 Å². The van der Waals surface area contributed by atoms with Crippen LogP contribution in [0.3, 0.4) is 0 Å². The van der Waals surface area contributed by atoms with Crippen molar-refractivity contribution in [2.75, 3.05) is 0 Å². The number of aromatic nitrogens is 1. The summed E-state index contributed by atoms with van der Waals surface area (Å²) in [6.45, 7) is 5.40. The molecule has 1 aromatic heterocycles. The van der Waals surface area contributed by atoms with Crippen molar-refractivity contribution < 1.29 is 5.11 Å². The minimum Gasteiger partial charge on any atom is -0.508 e. The van der Waals surface area contributed by atoms with Crippen molar-refractivity contribution >= 4 is 11.3 Å². The number of thiazole rings is 1. The summed E-state index contributed by atoms with van der Waals surface area (Å²) in [5.74, 6) is 0.910. The second-order valence-electron chi connectivity index (χ2n) is 6.19. The first kappa shape index (κ1) is 14.5. The fraction of sp³-hybridized carbons (Fsp3) is 0.471. The first-order valence-electron chi connectivity index (χ1n) is 7.63. The summed E-state index contributed by atoms with van der Waals surface area (Å²) in [7, 11) is 0. The Morgan fingerprint density at radius 2 is 2.00 bits per heavy atom. The van der Waals surface area contributed by atoms with Crippen molar-refractivity contribution in [3.05, 3.63) is 34.8 Å². The molecule has 0 spiro atoms. The number of phenolic OH excluding ortho intramolecular Hbond substituents is 1. The number of aromatic hydroxyl groups is 1. The van der Waals surface area contributed by atoms with Gasteiger partial charge in [0.05, 0.1) is 5.69 Å². The smallest absolute Gasteiger partial charge is 0.123 e. The molecule has 0 bridgehead atoms. The highest BCUT2D eigenvalue weighted by Gasteiger charge is 2.22. The lowest BCUT2D eigenvalue weighted by atomic mass is 10.1. The van der Waals surface area contributed by atoms with Crippen LogP contribution in [0.15, 0.2) is 24.3 Å². The van der Waals surface area contributed by atoms with Crippen LogP contribution in [-0.4, -0.2) is 16.1 Å². The second-order valence-corrected chi connectivity index (χ2v) is 7.27. The van der Waals surface area contributed by atoms with Crippen LogP contribution in [0.2, 0.25) is 0 Å². The van der Waals surface area contributed by atoms with Crippen molar-refractivity contribution in [2.45, 2.75) is 45.7 Å². The van der Waals surface area contributed by atoms with Crippen molar-refractivity contribution in [1.82, 2.24) is 10.3 Å². The van der Waals surface area contributed by atoms with Gasteiger partial charge in [-0.2, -0.15) is 0 Å². The second kappa shape index (κ2) is 6.16. The Morgan fingerprint density at radius 1 is 1.29 bits per heavy atom. The average Bonchev–Trinajstić information content (AvgIpc) is 3.19. The molecule has 1 aliphatic carbocycles. The van der Waals surface area contributed by atoms with Gasteiger partial charge in [-0.25, -0.2) is 4.98 Å². The summed E-state index contributed by atoms with van der Waals surface area (Å²) in [6, 6.07) is 8.04. The highest BCUT2D eigenvalue weighted by atomic mass is 32.1. The van der Waals surface area contributed by atoms with Gasteiger partial charge in [0, 0.05) is 23.0 Å². The monoisotopic (exact) mass is 302 g/mol. The number of nitrogens with one attached hydrogen (secondary N) is 1. The van der Waals surface area contributed by atoms with Gasteiger partial charge in [-0.1, -0.05) is 13.8 Å². The summed E-state index contributed by atoms with van der Waals surface area (Å²) < 4.78 is 0. The van der Waals surface area contributed by atoms with Gasteiger partial charge >= 0.3 is 0 Å². The molecular formula is C17H22N2OS. The number of nitrogens with zero attached hydrogens (tertiary/aromatic N) is 1. The van der Waals surface area contributed by atoms with Crippen LogP contribution in [0.4, 0.5) is 0 Å². The van der Waals surface area contributed by atoms with E-state index in [9.17, 15) is 5.11 Å². The standard InChI is InChI=1S/C17H22N2OS/c1-11(2)9-15-16(10-18-13-5-6-13)21-17(19-15)12-3-7-14(20)8-4-12/h3-4,7-8,11,13,18,20H,5-6,9-10H2,1-2H3. The zero-order valence-electron chi connectivity index (χ0n) is 12.6. The highest BCUT2D eigenvalue weighted by Crippen LogP contribution is 2.31. The first-order chi connectivity index (χ1) is 10.1. The van der Waals surface area contributed by atoms with E-state index in [1.54, 1.807) is 23.5 Å². The molecule has 112 valence electrons. The predicted molar refractivity (Wildman–Crippen MR) is 87.6 cm³/mol. The maximum Gasteiger partial charge on any atom is 0.123 e. The fourth-order valence-electron chi connectivity index (χ4n) is 2.32. The summed E-state index contributed by atoms with van der Waals surface area (Å²) in [5, 5.41) is 14.1. The van der Waals surface area contributed by atoms with Crippen LogP contribution < -0.4 is 5.32 Å². The summed E-state index contributed by atoms with van der Waals surface area (Å²) in [6.07, 6.45) is 3.64. The van der Waals surface area contributed by atoms with E-state index < -0.39 is 0 Å². The molecule has 0 amide bonds. The molecule has 0 aliphatic heterocycles. The molecule has 2 aromatic rings. The minimum atomic E-state index is 0.299. The highest BCUT2D eigenvalue weighted by molar-refractivity contribution is 7.15. The van der Waals surface area contributed by atoms with Gasteiger partial charge < -0.3 is 10.4 Å². The third-order valence-corrected chi connectivity index (χ3v) is 4.77. The molecule has 3 rings (SSSR count). The number of benzene rings is 1. The predicted octanol–water partition coefficient (Wildman–Crippen LogP) is 3.97. The van der Waals surface area contributed by atoms with Crippen molar-refractivity contribution in [3.8, 4) is 16.3 Å². The lowest BCUT2D eigenvalue weighted by Gasteiger charge is -2.05. The van der Waals surface area contributed by atoms with Gasteiger partial charge in [0.15, 0.2) is 0 Å². The zero-order valence-corrected chi connectivity index (χ0v) is 13.4. The molecule has 1 heterocycles. The Morgan fingerprint density at radius 3 is 2.62 bits per heavy atom. The number of hydrogen-bond donors (Lipinski definition) is 2. The molecule has 21 heavy (non-hydrogen) atoms. The van der Waals surface area contributed by atoms with E-state index in [-0.39, 0.29) is 0 Å². The SMILES string of the molecule is CC(C)Cc1nc(-c2ccc(O)cc2)sc1CNC1CC1. The Balaban J connectivity index is 1.84. The van der Waals surface area contributed by atoms with E-state index in [0.29, 0.717) is 11.7 Å². The van der Waals surface area contributed by atoms with Crippen LogP contribution in [0.5, 0.6) is 5.75 Å². The van der Waals surface area contributed by atoms with Crippen molar-refractivity contribution in [1.29, 1.82) is 0 Å². The Hall–Kier alpha value is -1.39. The normalized spacial score (nSPS) is 14.8. The number of hydrogen-bond acceptors (Lipinski definition) is 4.